The van der Waals surface area contributed by atoms with E-state index >= 15 is 0 Å². The van der Waals surface area contributed by atoms with Gasteiger partial charge in [0.2, 0.25) is 0 Å². The van der Waals surface area contributed by atoms with Crippen LogP contribution in [0, 0.1) is 5.92 Å². The smallest absolute Gasteiger partial charge is 0.408 e. The van der Waals surface area contributed by atoms with Gasteiger partial charge in [0.25, 0.3) is 0 Å². The number of nitrogens with one attached hydrogen (secondary N) is 1. The first kappa shape index (κ1) is 12.3. The lowest BCUT2D eigenvalue weighted by Gasteiger charge is -2.22. The number of benzene rings is 1. The summed E-state index contributed by atoms with van der Waals surface area (Å²) in [6, 6.07) is 5.93. The van der Waals surface area contributed by atoms with Crippen LogP contribution in [-0.2, 0) is 7.05 Å². The Morgan fingerprint density at radius 2 is 2.37 bits per heavy atom. The van der Waals surface area contributed by atoms with Crippen molar-refractivity contribution in [1.29, 1.82) is 0 Å². The van der Waals surface area contributed by atoms with Gasteiger partial charge in [-0.3, -0.25) is 4.57 Å². The molecule has 1 aliphatic heterocycles. The number of aryl methyl sites for hydroxylation is 1. The summed E-state index contributed by atoms with van der Waals surface area (Å²) in [6.45, 7) is 3.23. The Balaban J connectivity index is 1.85. The molecule has 1 N–H and O–H groups in total. The van der Waals surface area contributed by atoms with E-state index in [9.17, 15) is 4.79 Å². The molecule has 2 aromatic rings. The van der Waals surface area contributed by atoms with Gasteiger partial charge >= 0.3 is 5.76 Å². The van der Waals surface area contributed by atoms with E-state index in [0.29, 0.717) is 11.5 Å². The minimum atomic E-state index is -0.310. The largest absolute Gasteiger partial charge is 0.419 e. The molecule has 0 bridgehead atoms. The highest BCUT2D eigenvalue weighted by molar-refractivity contribution is 5.77. The van der Waals surface area contributed by atoms with Gasteiger partial charge in [-0.05, 0) is 37.6 Å². The molecule has 0 amide bonds. The Morgan fingerprint density at radius 3 is 3.11 bits per heavy atom. The lowest BCUT2D eigenvalue weighted by molar-refractivity contribution is 0.528. The average Bonchev–Trinajstić information content (AvgIpc) is 2.99. The molecule has 1 aliphatic rings. The molecule has 1 aromatic heterocycles. The molecule has 0 aliphatic carbocycles. The molecule has 5 nitrogen and oxygen atoms in total. The molecule has 1 aromatic carbocycles. The van der Waals surface area contributed by atoms with Gasteiger partial charge in [0, 0.05) is 32.4 Å². The van der Waals surface area contributed by atoms with E-state index in [0.717, 1.165) is 30.8 Å². The van der Waals surface area contributed by atoms with Crippen LogP contribution in [0.15, 0.2) is 27.4 Å². The van der Waals surface area contributed by atoms with Crippen LogP contribution in [-0.4, -0.2) is 31.2 Å². The lowest BCUT2D eigenvalue weighted by atomic mass is 10.1. The molecule has 3 rings (SSSR count). The summed E-state index contributed by atoms with van der Waals surface area (Å²) < 4.78 is 6.76. The minimum Gasteiger partial charge on any atom is -0.408 e. The quantitative estimate of drug-likeness (QED) is 0.901. The maximum absolute atomic E-state index is 11.5. The Morgan fingerprint density at radius 1 is 1.53 bits per heavy atom. The first-order chi connectivity index (χ1) is 9.15. The van der Waals surface area contributed by atoms with Crippen molar-refractivity contribution in [2.75, 3.05) is 31.6 Å². The van der Waals surface area contributed by atoms with Crippen LogP contribution < -0.4 is 16.0 Å². The number of hydrogen-bond acceptors (Lipinski definition) is 4. The second-order valence-electron chi connectivity index (χ2n) is 5.32. The highest BCUT2D eigenvalue weighted by atomic mass is 16.4. The molecule has 1 saturated heterocycles. The van der Waals surface area contributed by atoms with Crippen LogP contribution in [0.2, 0.25) is 0 Å². The zero-order valence-electron chi connectivity index (χ0n) is 11.3. The number of aromatic nitrogens is 1. The summed E-state index contributed by atoms with van der Waals surface area (Å²) >= 11 is 0. The number of nitrogens with zero attached hydrogens (tertiary/aromatic N) is 2. The predicted octanol–water partition coefficient (Wildman–Crippen LogP) is 1.18. The first-order valence-electron chi connectivity index (χ1n) is 6.66. The molecule has 102 valence electrons. The van der Waals surface area contributed by atoms with Crippen molar-refractivity contribution in [3.05, 3.63) is 28.7 Å². The van der Waals surface area contributed by atoms with Gasteiger partial charge in [-0.2, -0.15) is 0 Å². The van der Waals surface area contributed by atoms with E-state index in [2.05, 4.69) is 17.3 Å². The van der Waals surface area contributed by atoms with E-state index in [1.807, 2.05) is 18.2 Å². The van der Waals surface area contributed by atoms with E-state index in [-0.39, 0.29) is 5.76 Å². The number of rotatable bonds is 3. The van der Waals surface area contributed by atoms with Crippen LogP contribution in [0.1, 0.15) is 6.42 Å². The van der Waals surface area contributed by atoms with Crippen LogP contribution in [0.3, 0.4) is 0 Å². The van der Waals surface area contributed by atoms with Gasteiger partial charge in [0.15, 0.2) is 5.58 Å². The Bertz CT molecular complexity index is 638. The predicted molar refractivity (Wildman–Crippen MR) is 75.7 cm³/mol. The van der Waals surface area contributed by atoms with Crippen molar-refractivity contribution in [1.82, 2.24) is 9.88 Å². The highest BCUT2D eigenvalue weighted by Crippen LogP contribution is 2.22. The summed E-state index contributed by atoms with van der Waals surface area (Å²) in [5, 5.41) is 3.38. The zero-order valence-corrected chi connectivity index (χ0v) is 11.3. The summed E-state index contributed by atoms with van der Waals surface area (Å²) in [7, 11) is 3.81. The second-order valence-corrected chi connectivity index (χ2v) is 5.32. The fraction of sp³-hybridized carbons (Fsp3) is 0.500. The van der Waals surface area contributed by atoms with Gasteiger partial charge in [-0.25, -0.2) is 4.79 Å². The third-order valence-electron chi connectivity index (χ3n) is 3.91. The molecule has 1 atom stereocenters. The standard InChI is InChI=1S/C14H19N3O2/c1-16(9-10-5-6-15-8-10)11-3-4-12-13(7-11)19-14(18)17(12)2/h3-4,7,10,15H,5-6,8-9H2,1-2H3. The Hall–Kier alpha value is -1.75. The topological polar surface area (TPSA) is 50.4 Å². The normalized spacial score (nSPS) is 19.2. The summed E-state index contributed by atoms with van der Waals surface area (Å²) in [5.74, 6) is 0.387. The number of hydrogen-bond donors (Lipinski definition) is 1. The maximum atomic E-state index is 11.5. The summed E-state index contributed by atoms with van der Waals surface area (Å²) in [5.41, 5.74) is 2.58. The SMILES string of the molecule is CN(CC1CCNC1)c1ccc2c(c1)oc(=O)n2C. The number of oxazole rings is 1. The lowest BCUT2D eigenvalue weighted by Crippen LogP contribution is -2.26. The van der Waals surface area contributed by atoms with Crippen LogP contribution in [0.5, 0.6) is 0 Å². The molecule has 0 radical (unpaired) electrons. The van der Waals surface area contributed by atoms with Crippen molar-refractivity contribution in [2.45, 2.75) is 6.42 Å². The van der Waals surface area contributed by atoms with E-state index in [1.165, 1.54) is 11.0 Å². The summed E-state index contributed by atoms with van der Waals surface area (Å²) in [4.78, 5) is 13.7. The molecule has 1 fully saturated rings. The van der Waals surface area contributed by atoms with Gasteiger partial charge < -0.3 is 14.6 Å². The zero-order chi connectivity index (χ0) is 13.4. The fourth-order valence-corrected chi connectivity index (χ4v) is 2.72. The van der Waals surface area contributed by atoms with E-state index in [4.69, 9.17) is 4.42 Å². The Kier molecular flexibility index (Phi) is 3.06. The number of fused-ring (bicyclic) bond motifs is 1. The van der Waals surface area contributed by atoms with Crippen molar-refractivity contribution >= 4 is 16.8 Å². The van der Waals surface area contributed by atoms with Crippen LogP contribution in [0.25, 0.3) is 11.1 Å². The van der Waals surface area contributed by atoms with Gasteiger partial charge in [0.05, 0.1) is 5.52 Å². The Labute approximate surface area is 111 Å². The van der Waals surface area contributed by atoms with Crippen LogP contribution in [0.4, 0.5) is 5.69 Å². The molecular weight excluding hydrogens is 242 g/mol. The number of anilines is 1. The molecule has 1 unspecified atom stereocenters. The van der Waals surface area contributed by atoms with Crippen LogP contribution >= 0.6 is 0 Å². The molecule has 19 heavy (non-hydrogen) atoms. The van der Waals surface area contributed by atoms with Crippen molar-refractivity contribution in [2.24, 2.45) is 13.0 Å². The molecular formula is C14H19N3O2. The third-order valence-corrected chi connectivity index (χ3v) is 3.91. The minimum absolute atomic E-state index is 0.310. The van der Waals surface area contributed by atoms with Gasteiger partial charge in [-0.15, -0.1) is 0 Å². The maximum Gasteiger partial charge on any atom is 0.419 e. The van der Waals surface area contributed by atoms with E-state index < -0.39 is 0 Å². The first-order valence-corrected chi connectivity index (χ1v) is 6.66. The third kappa shape index (κ3) is 2.26. The van der Waals surface area contributed by atoms with Crippen molar-refractivity contribution < 1.29 is 4.42 Å². The molecule has 2 heterocycles. The molecule has 0 spiro atoms. The summed E-state index contributed by atoms with van der Waals surface area (Å²) in [6.07, 6.45) is 1.23. The second kappa shape index (κ2) is 4.74. The van der Waals surface area contributed by atoms with Gasteiger partial charge in [0.1, 0.15) is 0 Å². The monoisotopic (exact) mass is 261 g/mol. The molecule has 5 heteroatoms. The fourth-order valence-electron chi connectivity index (χ4n) is 2.72. The van der Waals surface area contributed by atoms with Crippen molar-refractivity contribution in [3.63, 3.8) is 0 Å². The average molecular weight is 261 g/mol. The van der Waals surface area contributed by atoms with Gasteiger partial charge in [-0.1, -0.05) is 0 Å². The van der Waals surface area contributed by atoms with Crippen molar-refractivity contribution in [3.8, 4) is 0 Å². The van der Waals surface area contributed by atoms with E-state index in [1.54, 1.807) is 7.05 Å². The highest BCUT2D eigenvalue weighted by Gasteiger charge is 2.17. The molecule has 0 saturated carbocycles.